The van der Waals surface area contributed by atoms with E-state index in [1.165, 1.54) is 0 Å². The third-order valence-electron chi connectivity index (χ3n) is 3.02. The van der Waals surface area contributed by atoms with E-state index in [1.807, 2.05) is 45.2 Å². The van der Waals surface area contributed by atoms with Gasteiger partial charge in [-0.15, -0.1) is 0 Å². The van der Waals surface area contributed by atoms with Gasteiger partial charge in [-0.05, 0) is 45.2 Å². The van der Waals surface area contributed by atoms with Crippen LogP contribution in [-0.2, 0) is 10.1 Å². The predicted molar refractivity (Wildman–Crippen MR) is 272 cm³/mol. The molecule has 0 bridgehead atoms. The number of hydrogen-bond acceptors (Lipinski definition) is 2. The number of rotatable bonds is 8. The van der Waals surface area contributed by atoms with Crippen LogP contribution in [0.3, 0.4) is 0 Å². The lowest BCUT2D eigenvalue weighted by molar-refractivity contribution is 0.477. The molecule has 0 rings (SSSR count). The van der Waals surface area contributed by atoms with Crippen molar-refractivity contribution in [1.29, 1.82) is 0 Å². The predicted octanol–water partition coefficient (Wildman–Crippen LogP) is 12.8. The molecule has 176 valence electrons. The van der Waals surface area contributed by atoms with Crippen molar-refractivity contribution >= 4 is 394 Å². The van der Waals surface area contributed by atoms with Gasteiger partial charge in [-0.2, -0.15) is 8.42 Å². The molecule has 0 spiro atoms. The molecule has 0 aromatic carbocycles. The van der Waals surface area contributed by atoms with E-state index in [4.69, 9.17) is 0 Å². The second-order valence-corrected chi connectivity index (χ2v) is 56.1. The van der Waals surface area contributed by atoms with E-state index in [1.54, 1.807) is 0 Å². The van der Waals surface area contributed by atoms with Gasteiger partial charge in [0.25, 0.3) is 10.1 Å². The molecular formula is C8HI17O3S. The molecule has 0 saturated heterocycles. The Balaban J connectivity index is 6.90. The molecule has 3 nitrogen and oxygen atoms in total. The Kier molecular flexibility index (Phi) is 20.2. The summed E-state index contributed by atoms with van der Waals surface area (Å²) in [6.07, 6.45) is 0. The molecule has 0 aromatic heterocycles. The molecule has 1 N–H and O–H groups in total. The minimum Gasteiger partial charge on any atom is -0.284 e. The van der Waals surface area contributed by atoms with Gasteiger partial charge in [0.1, 0.15) is 8.01 Å². The van der Waals surface area contributed by atoms with Crippen molar-refractivity contribution in [3.8, 4) is 0 Å². The average Bonchev–Trinajstić information content (AvgIpc) is 2.43. The second-order valence-electron chi connectivity index (χ2n) is 4.94. The lowest BCUT2D eigenvalue weighted by atomic mass is 10.1. The molecule has 21 heteroatoms. The highest BCUT2D eigenvalue weighted by atomic mass is 127. The molecule has 0 amide bonds. The molecular weight excluding hydrogens is 2330 g/mol. The summed E-state index contributed by atoms with van der Waals surface area (Å²) in [6.45, 7) is 0. The first-order valence-electron chi connectivity index (χ1n) is 5.68. The van der Waals surface area contributed by atoms with Gasteiger partial charge in [0.05, 0.1) is 0 Å². The largest absolute Gasteiger partial charge is 0.291 e. The number of hydrogen-bond donors (Lipinski definition) is 1. The van der Waals surface area contributed by atoms with Crippen LogP contribution in [0.2, 0.25) is 0 Å². The van der Waals surface area contributed by atoms with Crippen molar-refractivity contribution in [3.05, 3.63) is 0 Å². The third-order valence-corrected chi connectivity index (χ3v) is 62.5. The summed E-state index contributed by atoms with van der Waals surface area (Å²) in [4.78, 5) is 0. The fourth-order valence-corrected chi connectivity index (χ4v) is 27.4. The first-order valence-corrected chi connectivity index (χ1v) is 25.5. The molecule has 0 aliphatic rings. The first-order chi connectivity index (χ1) is 12.0. The summed E-state index contributed by atoms with van der Waals surface area (Å²) in [7, 11) is -4.31. The van der Waals surface area contributed by atoms with Gasteiger partial charge in [0.2, 0.25) is 0.760 Å². The Labute approximate surface area is 402 Å². The van der Waals surface area contributed by atoms with E-state index in [2.05, 4.69) is 339 Å². The van der Waals surface area contributed by atoms with Crippen molar-refractivity contribution in [2.24, 2.45) is 0 Å². The average molecular weight is 2330 g/mol. The van der Waals surface area contributed by atoms with Crippen LogP contribution in [0.1, 0.15) is 0 Å². The summed E-state index contributed by atoms with van der Waals surface area (Å²) in [6, 6.07) is 0. The Bertz CT molecular complexity index is 732. The lowest BCUT2D eigenvalue weighted by Gasteiger charge is -2.57. The quantitative estimate of drug-likeness (QED) is 0.150. The molecule has 0 atom stereocenters. The number of halogens is 17. The van der Waals surface area contributed by atoms with Crippen LogP contribution in [-0.4, -0.2) is 21.7 Å². The molecule has 0 saturated carbocycles. The highest BCUT2D eigenvalue weighted by Gasteiger charge is 2.78. The molecule has 0 unspecified atom stereocenters. The van der Waals surface area contributed by atoms with Crippen molar-refractivity contribution < 1.29 is 13.0 Å². The van der Waals surface area contributed by atoms with Gasteiger partial charge in [-0.25, -0.2) is 0 Å². The second kappa shape index (κ2) is 14.2. The van der Waals surface area contributed by atoms with Crippen LogP contribution < -0.4 is 0 Å². The van der Waals surface area contributed by atoms with Crippen molar-refractivity contribution in [2.75, 3.05) is 0 Å². The monoisotopic (exact) mass is 2330 g/mol. The Hall–Kier alpha value is 12.3. The molecule has 0 aliphatic carbocycles. The minimum atomic E-state index is -4.31. The molecule has 0 aromatic rings. The van der Waals surface area contributed by atoms with Gasteiger partial charge in [-0.1, -0.05) is 339 Å². The van der Waals surface area contributed by atoms with Crippen molar-refractivity contribution in [3.63, 3.8) is 0 Å². The van der Waals surface area contributed by atoms with Gasteiger partial charge in [0, 0.05) is 0 Å². The normalized spacial score (nSPS) is 16.9. The smallest absolute Gasteiger partial charge is 0.284 e. The molecule has 0 radical (unpaired) electrons. The number of alkyl halides is 17. The summed E-state index contributed by atoms with van der Waals surface area (Å²) in [5.41, 5.74) is 0. The summed E-state index contributed by atoms with van der Waals surface area (Å²) in [5.74, 6) is 0. The standard InChI is InChI=1S/C8HI17O3S/c9-1(10,3(13,14)5(17,18)7(21,22)23)2(11,12)4(15,16)6(19,20)8(24,25)29(26,27)28/h(H,26,27,28). The van der Waals surface area contributed by atoms with E-state index < -0.39 is 15.2 Å². The Morgan fingerprint density at radius 3 is 0.828 bits per heavy atom. The van der Waals surface area contributed by atoms with Crippen LogP contribution in [0.15, 0.2) is 0 Å². The summed E-state index contributed by atoms with van der Waals surface area (Å²) in [5, 5.41) is 0. The van der Waals surface area contributed by atoms with E-state index in [-0.39, 0.29) is 3.72 Å². The fourth-order valence-electron chi connectivity index (χ4n) is 1.31. The Morgan fingerprint density at radius 2 is 0.621 bits per heavy atom. The minimum absolute atomic E-state index is 0.0651. The van der Waals surface area contributed by atoms with Crippen LogP contribution in [0.5, 0.6) is 0 Å². The van der Waals surface area contributed by atoms with Gasteiger partial charge < -0.3 is 0 Å². The van der Waals surface area contributed by atoms with Crippen LogP contribution in [0, 0.1) is 0 Å². The molecule has 29 heavy (non-hydrogen) atoms. The summed E-state index contributed by atoms with van der Waals surface area (Å²) >= 11 is 40.7. The SMILES string of the molecule is O=S(=O)(O)C(I)(I)C(I)(I)C(I)(I)C(I)(I)C(I)(I)C(I)(I)C(I)(I)C(I)(I)I. The first kappa shape index (κ1) is 41.3. The van der Waals surface area contributed by atoms with E-state index in [0.29, 0.717) is 0 Å². The highest BCUT2D eigenvalue weighted by molar-refractivity contribution is 14.3. The van der Waals surface area contributed by atoms with Crippen molar-refractivity contribution in [1.82, 2.24) is 0 Å². The molecule has 0 aliphatic heterocycles. The maximum absolute atomic E-state index is 12.3. The van der Waals surface area contributed by atoms with Crippen LogP contribution in [0.25, 0.3) is 0 Å². The zero-order valence-electron chi connectivity index (χ0n) is 12.1. The third kappa shape index (κ3) is 8.33. The zero-order valence-corrected chi connectivity index (χ0v) is 49.6. The molecule has 0 heterocycles. The van der Waals surface area contributed by atoms with Crippen molar-refractivity contribution in [2.45, 2.75) is 8.77 Å². The Morgan fingerprint density at radius 1 is 0.414 bits per heavy atom. The fraction of sp³-hybridized carbons (Fsp3) is 1.00. The molecule has 0 fully saturated rings. The van der Waals surface area contributed by atoms with Gasteiger partial charge in [0.15, 0.2) is 0 Å². The lowest BCUT2D eigenvalue weighted by Crippen LogP contribution is -2.68. The zero-order chi connectivity index (χ0) is 24.5. The topological polar surface area (TPSA) is 54.4 Å². The van der Waals surface area contributed by atoms with Gasteiger partial charge in [-0.3, -0.25) is 4.55 Å². The van der Waals surface area contributed by atoms with Gasteiger partial charge >= 0.3 is 0 Å². The van der Waals surface area contributed by atoms with Crippen LogP contribution >= 0.6 is 384 Å². The van der Waals surface area contributed by atoms with Crippen LogP contribution in [0.4, 0.5) is 0 Å². The maximum atomic E-state index is 12.3. The van der Waals surface area contributed by atoms with E-state index in [0.717, 1.165) is 0 Å². The van der Waals surface area contributed by atoms with E-state index >= 15 is 0 Å². The maximum Gasteiger partial charge on any atom is 0.291 e. The van der Waals surface area contributed by atoms with E-state index in [9.17, 15) is 13.0 Å². The highest BCUT2D eigenvalue weighted by Crippen LogP contribution is 2.79. The summed E-state index contributed by atoms with van der Waals surface area (Å²) < 4.78 is 30.6.